The van der Waals surface area contributed by atoms with Crippen molar-refractivity contribution in [2.45, 2.75) is 18.1 Å². The maximum atomic E-state index is 11.6. The van der Waals surface area contributed by atoms with Crippen molar-refractivity contribution in [3.8, 4) is 11.4 Å². The second-order valence-corrected chi connectivity index (χ2v) is 4.40. The van der Waals surface area contributed by atoms with Crippen molar-refractivity contribution < 1.29 is 4.57 Å². The molecule has 0 saturated carbocycles. The SMILES string of the molecule is Cn1c(S)c2[n+](cc1=O)CCn1cccc1-2. The first-order valence-electron chi connectivity index (χ1n) is 5.16. The molecule has 3 heterocycles. The highest BCUT2D eigenvalue weighted by molar-refractivity contribution is 7.80. The maximum absolute atomic E-state index is 11.6. The average Bonchev–Trinajstić information content (AvgIpc) is 2.73. The van der Waals surface area contributed by atoms with E-state index in [4.69, 9.17) is 0 Å². The predicted octanol–water partition coefficient (Wildman–Crippen LogP) is 0.444. The fraction of sp³-hybridized carbons (Fsp3) is 0.273. The summed E-state index contributed by atoms with van der Waals surface area (Å²) in [4.78, 5) is 11.6. The Balaban J connectivity index is 2.40. The number of aryl methyl sites for hydroxylation is 2. The average molecular weight is 234 g/mol. The summed E-state index contributed by atoms with van der Waals surface area (Å²) in [6.45, 7) is 1.72. The molecular weight excluding hydrogens is 222 g/mol. The monoisotopic (exact) mass is 234 g/mol. The van der Waals surface area contributed by atoms with Crippen LogP contribution in [0.2, 0.25) is 0 Å². The Bertz CT molecular complexity index is 627. The van der Waals surface area contributed by atoms with Gasteiger partial charge in [-0.25, -0.2) is 0 Å². The molecule has 2 aromatic heterocycles. The first-order chi connectivity index (χ1) is 7.68. The van der Waals surface area contributed by atoms with Crippen LogP contribution < -0.4 is 10.1 Å². The van der Waals surface area contributed by atoms with Crippen molar-refractivity contribution in [1.29, 1.82) is 0 Å². The molecule has 0 aliphatic carbocycles. The van der Waals surface area contributed by atoms with E-state index in [2.05, 4.69) is 29.5 Å². The van der Waals surface area contributed by atoms with Gasteiger partial charge in [0.1, 0.15) is 10.7 Å². The van der Waals surface area contributed by atoms with Crippen molar-refractivity contribution in [2.24, 2.45) is 7.05 Å². The zero-order valence-corrected chi connectivity index (χ0v) is 9.82. The summed E-state index contributed by atoms with van der Waals surface area (Å²) in [6, 6.07) is 4.07. The third-order valence-corrected chi connectivity index (χ3v) is 3.58. The van der Waals surface area contributed by atoms with Gasteiger partial charge >= 0.3 is 5.56 Å². The van der Waals surface area contributed by atoms with Crippen molar-refractivity contribution >= 4 is 12.6 Å². The van der Waals surface area contributed by atoms with Gasteiger partial charge in [0.25, 0.3) is 5.69 Å². The third kappa shape index (κ3) is 1.18. The van der Waals surface area contributed by atoms with E-state index in [1.165, 1.54) is 0 Å². The van der Waals surface area contributed by atoms with Crippen LogP contribution in [-0.2, 0) is 20.1 Å². The van der Waals surface area contributed by atoms with E-state index >= 15 is 0 Å². The summed E-state index contributed by atoms with van der Waals surface area (Å²) in [6.07, 6.45) is 3.70. The van der Waals surface area contributed by atoms with Gasteiger partial charge in [-0.1, -0.05) is 0 Å². The molecule has 0 unspecified atom stereocenters. The predicted molar refractivity (Wildman–Crippen MR) is 62.6 cm³/mol. The van der Waals surface area contributed by atoms with Crippen molar-refractivity contribution in [3.05, 3.63) is 34.9 Å². The fourth-order valence-electron chi connectivity index (χ4n) is 2.15. The molecule has 1 aliphatic rings. The van der Waals surface area contributed by atoms with Crippen LogP contribution in [0.3, 0.4) is 0 Å². The molecule has 0 fully saturated rings. The Labute approximate surface area is 98.2 Å². The number of fused-ring (bicyclic) bond motifs is 3. The molecule has 0 amide bonds. The number of hydrogen-bond acceptors (Lipinski definition) is 2. The highest BCUT2D eigenvalue weighted by Gasteiger charge is 2.27. The highest BCUT2D eigenvalue weighted by Crippen LogP contribution is 2.24. The van der Waals surface area contributed by atoms with Gasteiger partial charge in [0.2, 0.25) is 6.20 Å². The Morgan fingerprint density at radius 1 is 1.50 bits per heavy atom. The Kier molecular flexibility index (Phi) is 1.97. The molecule has 16 heavy (non-hydrogen) atoms. The van der Waals surface area contributed by atoms with Crippen LogP contribution in [0.5, 0.6) is 0 Å². The number of nitrogens with zero attached hydrogens (tertiary/aromatic N) is 3. The Hall–Kier alpha value is -1.49. The lowest BCUT2D eigenvalue weighted by Gasteiger charge is -2.16. The quantitative estimate of drug-likeness (QED) is 0.520. The van der Waals surface area contributed by atoms with Gasteiger partial charge in [-0.3, -0.25) is 9.36 Å². The molecule has 0 atom stereocenters. The summed E-state index contributed by atoms with van der Waals surface area (Å²) < 4.78 is 5.73. The lowest BCUT2D eigenvalue weighted by atomic mass is 10.2. The molecule has 0 saturated heterocycles. The van der Waals surface area contributed by atoms with E-state index in [0.29, 0.717) is 5.03 Å². The Morgan fingerprint density at radius 2 is 2.31 bits per heavy atom. The summed E-state index contributed by atoms with van der Waals surface area (Å²) in [5.41, 5.74) is 2.11. The summed E-state index contributed by atoms with van der Waals surface area (Å²) in [5, 5.41) is 0.715. The molecule has 0 bridgehead atoms. The molecule has 82 valence electrons. The third-order valence-electron chi connectivity index (χ3n) is 3.07. The zero-order valence-electron chi connectivity index (χ0n) is 8.92. The number of aromatic nitrogens is 3. The molecule has 0 radical (unpaired) electrons. The van der Waals surface area contributed by atoms with Gasteiger partial charge < -0.3 is 4.57 Å². The van der Waals surface area contributed by atoms with Crippen LogP contribution in [0.4, 0.5) is 0 Å². The van der Waals surface area contributed by atoms with Gasteiger partial charge in [-0.15, -0.1) is 12.6 Å². The number of hydrogen-bond donors (Lipinski definition) is 1. The first kappa shape index (κ1) is 9.72. The van der Waals surface area contributed by atoms with Gasteiger partial charge in [0, 0.05) is 13.2 Å². The Morgan fingerprint density at radius 3 is 3.12 bits per heavy atom. The molecule has 3 rings (SSSR count). The number of rotatable bonds is 0. The van der Waals surface area contributed by atoms with Crippen molar-refractivity contribution in [1.82, 2.24) is 9.13 Å². The maximum Gasteiger partial charge on any atom is 0.315 e. The van der Waals surface area contributed by atoms with E-state index in [0.717, 1.165) is 24.5 Å². The summed E-state index contributed by atoms with van der Waals surface area (Å²) in [7, 11) is 1.74. The second kappa shape index (κ2) is 3.25. The summed E-state index contributed by atoms with van der Waals surface area (Å²) in [5.74, 6) is 0. The largest absolute Gasteiger partial charge is 0.336 e. The van der Waals surface area contributed by atoms with Crippen LogP contribution >= 0.6 is 12.6 Å². The lowest BCUT2D eigenvalue weighted by molar-refractivity contribution is -0.693. The normalized spacial score (nSPS) is 13.4. The van der Waals surface area contributed by atoms with E-state index in [1.54, 1.807) is 17.8 Å². The topological polar surface area (TPSA) is 30.8 Å². The van der Waals surface area contributed by atoms with Crippen LogP contribution in [0, 0.1) is 0 Å². The molecular formula is C11H12N3OS+. The van der Waals surface area contributed by atoms with Crippen molar-refractivity contribution in [3.63, 3.8) is 0 Å². The minimum absolute atomic E-state index is 0.0197. The molecule has 1 aliphatic heterocycles. The minimum atomic E-state index is -0.0197. The van der Waals surface area contributed by atoms with Crippen LogP contribution in [0.25, 0.3) is 11.4 Å². The molecule has 0 N–H and O–H groups in total. The van der Waals surface area contributed by atoms with Crippen LogP contribution in [-0.4, -0.2) is 9.13 Å². The van der Waals surface area contributed by atoms with Crippen molar-refractivity contribution in [2.75, 3.05) is 0 Å². The standard InChI is InChI=1S/C11H11N3OS/c1-12-9(15)7-14-6-5-13-4-2-3-8(13)10(14)11(12)16/h2-4,7H,5-6H2,1H3/p+1. The van der Waals surface area contributed by atoms with Crippen LogP contribution in [0.1, 0.15) is 0 Å². The summed E-state index contributed by atoms with van der Waals surface area (Å²) >= 11 is 4.45. The molecule has 5 heteroatoms. The smallest absolute Gasteiger partial charge is 0.315 e. The molecule has 2 aromatic rings. The van der Waals surface area contributed by atoms with Gasteiger partial charge in [0.05, 0.1) is 6.54 Å². The number of thiol groups is 1. The van der Waals surface area contributed by atoms with E-state index in [-0.39, 0.29) is 5.56 Å². The first-order valence-corrected chi connectivity index (χ1v) is 5.61. The van der Waals surface area contributed by atoms with E-state index in [9.17, 15) is 4.79 Å². The van der Waals surface area contributed by atoms with Gasteiger partial charge in [-0.2, -0.15) is 4.57 Å². The lowest BCUT2D eigenvalue weighted by Crippen LogP contribution is -2.47. The van der Waals surface area contributed by atoms with Gasteiger partial charge in [-0.05, 0) is 12.1 Å². The van der Waals surface area contributed by atoms with E-state index < -0.39 is 0 Å². The molecule has 4 nitrogen and oxygen atoms in total. The van der Waals surface area contributed by atoms with Gasteiger partial charge in [0.15, 0.2) is 6.54 Å². The molecule has 0 aromatic carbocycles. The minimum Gasteiger partial charge on any atom is -0.336 e. The van der Waals surface area contributed by atoms with E-state index in [1.807, 2.05) is 10.6 Å². The van der Waals surface area contributed by atoms with Crippen LogP contribution in [0.15, 0.2) is 34.3 Å². The molecule has 0 spiro atoms. The fourth-order valence-corrected chi connectivity index (χ4v) is 2.50. The zero-order chi connectivity index (χ0) is 11.3. The highest BCUT2D eigenvalue weighted by atomic mass is 32.1. The second-order valence-electron chi connectivity index (χ2n) is 3.98.